The van der Waals surface area contributed by atoms with Crippen molar-refractivity contribution in [2.75, 3.05) is 0 Å². The number of halogens is 4. The normalized spacial score (nSPS) is 10.4. The third kappa shape index (κ3) is 8.69. The van der Waals surface area contributed by atoms with Gasteiger partial charge in [-0.05, 0) is 24.3 Å². The zero-order valence-electron chi connectivity index (χ0n) is 8.53. The number of aromatic nitrogens is 2. The average Bonchev–Trinajstić information content (AvgIpc) is 2.29. The van der Waals surface area contributed by atoms with Crippen molar-refractivity contribution < 1.29 is 0 Å². The first-order valence-electron chi connectivity index (χ1n) is 4.55. The van der Waals surface area contributed by atoms with Gasteiger partial charge in [-0.3, -0.25) is 9.97 Å². The quantitative estimate of drug-likeness (QED) is 0.428. The second kappa shape index (κ2) is 8.24. The molecule has 0 bridgehead atoms. The number of pyridine rings is 2. The molecule has 0 fully saturated rings. The summed E-state index contributed by atoms with van der Waals surface area (Å²) in [5.41, 5.74) is 1.83. The Labute approximate surface area is 129 Å². The Balaban J connectivity index is 0.000000249. The van der Waals surface area contributed by atoms with Gasteiger partial charge in [0.1, 0.15) is 0 Å². The van der Waals surface area contributed by atoms with E-state index in [1.807, 2.05) is 36.4 Å². The minimum Gasteiger partial charge on any atom is -0.255 e. The van der Waals surface area contributed by atoms with Crippen molar-refractivity contribution in [3.8, 4) is 11.4 Å². The van der Waals surface area contributed by atoms with E-state index in [-0.39, 0.29) is 0 Å². The Kier molecular flexibility index (Phi) is 7.79. The molecule has 2 rings (SSSR count). The standard InChI is InChI=1S/C10H8N2.4BrH.Sn/c1-3-7-11-9(5-1)10-6-2-4-8-12-10;;;;;/h1-8H;4*1H;/q;;;;;+4/p-4. The summed E-state index contributed by atoms with van der Waals surface area (Å²) in [6.07, 6.45) is 3.54. The van der Waals surface area contributed by atoms with Gasteiger partial charge in [0.15, 0.2) is 0 Å². The smallest absolute Gasteiger partial charge is 0.0886 e. The molecule has 2 aromatic heterocycles. The number of nitrogens with zero attached hydrogens (tertiary/aromatic N) is 2. The van der Waals surface area contributed by atoms with Crippen LogP contribution in [0.2, 0.25) is 0 Å². The number of hydrogen-bond acceptors (Lipinski definition) is 2. The first-order valence-corrected chi connectivity index (χ1v) is 30.1. The average molecular weight is 595 g/mol. The molecule has 7 heteroatoms. The van der Waals surface area contributed by atoms with E-state index in [9.17, 15) is 0 Å². The number of rotatable bonds is 1. The Morgan fingerprint density at radius 3 is 1.29 bits per heavy atom. The van der Waals surface area contributed by atoms with Gasteiger partial charge in [0, 0.05) is 12.4 Å². The predicted molar refractivity (Wildman–Crippen MR) is 88.9 cm³/mol. The first-order chi connectivity index (χ1) is 7.97. The van der Waals surface area contributed by atoms with Gasteiger partial charge >= 0.3 is 60.3 Å². The molecule has 0 N–H and O–H groups in total. The molecule has 90 valence electrons. The van der Waals surface area contributed by atoms with Crippen LogP contribution in [0.5, 0.6) is 0 Å². The van der Waals surface area contributed by atoms with Crippen LogP contribution in [-0.4, -0.2) is 19.5 Å². The maximum absolute atomic E-state index is 4.19. The minimum absolute atomic E-state index is 0.915. The molecule has 0 saturated heterocycles. The van der Waals surface area contributed by atoms with Crippen molar-refractivity contribution in [3.05, 3.63) is 48.8 Å². The Hall–Kier alpha value is 1.02. The molecule has 0 aliphatic carbocycles. The van der Waals surface area contributed by atoms with E-state index < -0.39 is 9.49 Å². The van der Waals surface area contributed by atoms with E-state index in [0.717, 1.165) is 11.4 Å². The molecule has 0 aliphatic heterocycles. The third-order valence-electron chi connectivity index (χ3n) is 1.59. The Bertz CT molecular complexity index is 390. The zero-order valence-corrected chi connectivity index (χ0v) is 17.7. The molecule has 0 amide bonds. The Morgan fingerprint density at radius 1 is 0.706 bits per heavy atom. The van der Waals surface area contributed by atoms with Crippen molar-refractivity contribution in [1.29, 1.82) is 0 Å². The van der Waals surface area contributed by atoms with E-state index in [2.05, 4.69) is 60.8 Å². The summed E-state index contributed by atoms with van der Waals surface area (Å²) in [5, 5.41) is 0. The fourth-order valence-electron chi connectivity index (χ4n) is 1.03. The molecular formula is C10H8Br4N2Sn. The van der Waals surface area contributed by atoms with Gasteiger partial charge in [-0.15, -0.1) is 0 Å². The van der Waals surface area contributed by atoms with Crippen LogP contribution in [0, 0.1) is 0 Å². The largest absolute Gasteiger partial charge is 0.255 e. The molecule has 17 heavy (non-hydrogen) atoms. The summed E-state index contributed by atoms with van der Waals surface area (Å²) >= 11 is 13.3. The van der Waals surface area contributed by atoms with Crippen LogP contribution in [0.3, 0.4) is 0 Å². The second-order valence-corrected chi connectivity index (χ2v) is 80.1. The molecule has 2 aromatic rings. The van der Waals surface area contributed by atoms with Crippen LogP contribution in [0.4, 0.5) is 0 Å². The van der Waals surface area contributed by atoms with Crippen LogP contribution >= 0.6 is 50.8 Å². The Morgan fingerprint density at radius 2 is 1.06 bits per heavy atom. The molecule has 0 radical (unpaired) electrons. The fourth-order valence-corrected chi connectivity index (χ4v) is 1.03. The summed E-state index contributed by atoms with van der Waals surface area (Å²) in [4.78, 5) is 8.37. The third-order valence-corrected chi connectivity index (χ3v) is 1.59. The van der Waals surface area contributed by atoms with Crippen molar-refractivity contribution >= 4 is 60.3 Å². The van der Waals surface area contributed by atoms with Crippen molar-refractivity contribution in [1.82, 2.24) is 9.97 Å². The van der Waals surface area contributed by atoms with Gasteiger partial charge in [-0.25, -0.2) is 0 Å². The molecule has 0 saturated carbocycles. The monoisotopic (exact) mass is 592 g/mol. The topological polar surface area (TPSA) is 25.8 Å². The van der Waals surface area contributed by atoms with E-state index in [0.29, 0.717) is 0 Å². The van der Waals surface area contributed by atoms with Crippen LogP contribution in [-0.2, 0) is 0 Å². The van der Waals surface area contributed by atoms with E-state index >= 15 is 0 Å². The molecule has 0 atom stereocenters. The molecule has 0 aromatic carbocycles. The first kappa shape index (κ1) is 16.1. The predicted octanol–water partition coefficient (Wildman–Crippen LogP) is 5.15. The summed E-state index contributed by atoms with van der Waals surface area (Å²) in [6.45, 7) is 0. The van der Waals surface area contributed by atoms with Gasteiger partial charge in [-0.1, -0.05) is 12.1 Å². The van der Waals surface area contributed by atoms with Gasteiger partial charge in [-0.2, -0.15) is 0 Å². The summed E-state index contributed by atoms with van der Waals surface area (Å²) in [5.74, 6) is 0. The van der Waals surface area contributed by atoms with Gasteiger partial charge in [0.05, 0.1) is 11.4 Å². The summed E-state index contributed by atoms with van der Waals surface area (Å²) in [7, 11) is -1.93. The molecule has 0 unspecified atom stereocenters. The maximum Gasteiger partial charge on any atom is 0.0886 e. The van der Waals surface area contributed by atoms with Crippen molar-refractivity contribution in [3.63, 3.8) is 0 Å². The summed E-state index contributed by atoms with van der Waals surface area (Å²) in [6, 6.07) is 11.6. The van der Waals surface area contributed by atoms with Crippen LogP contribution in [0.15, 0.2) is 48.8 Å². The molecule has 0 spiro atoms. The van der Waals surface area contributed by atoms with E-state index in [1.54, 1.807) is 12.4 Å². The van der Waals surface area contributed by atoms with E-state index in [1.165, 1.54) is 0 Å². The van der Waals surface area contributed by atoms with Crippen molar-refractivity contribution in [2.24, 2.45) is 0 Å². The summed E-state index contributed by atoms with van der Waals surface area (Å²) < 4.78 is 0. The van der Waals surface area contributed by atoms with Gasteiger partial charge in [0.2, 0.25) is 0 Å². The zero-order chi connectivity index (χ0) is 12.7. The van der Waals surface area contributed by atoms with E-state index in [4.69, 9.17) is 0 Å². The number of hydrogen-bond donors (Lipinski definition) is 0. The van der Waals surface area contributed by atoms with Crippen LogP contribution < -0.4 is 0 Å². The molecular weight excluding hydrogens is 586 g/mol. The fraction of sp³-hybridized carbons (Fsp3) is 0. The van der Waals surface area contributed by atoms with Gasteiger partial charge < -0.3 is 0 Å². The molecule has 2 heterocycles. The molecule has 2 nitrogen and oxygen atoms in total. The SMILES string of the molecule is [Br][Sn]([Br])([Br])[Br].c1ccc(-c2ccccn2)nc1. The van der Waals surface area contributed by atoms with Crippen molar-refractivity contribution in [2.45, 2.75) is 0 Å². The second-order valence-electron chi connectivity index (χ2n) is 2.86. The van der Waals surface area contributed by atoms with Gasteiger partial charge in [0.25, 0.3) is 0 Å². The minimum atomic E-state index is -1.93. The maximum atomic E-state index is 4.19. The van der Waals surface area contributed by atoms with Crippen LogP contribution in [0.1, 0.15) is 0 Å². The molecule has 0 aliphatic rings. The van der Waals surface area contributed by atoms with Crippen LogP contribution in [0.25, 0.3) is 11.4 Å².